The molecule has 0 amide bonds. The molecule has 26 heavy (non-hydrogen) atoms. The molecule has 0 N–H and O–H groups in total. The molecule has 1 saturated heterocycles. The summed E-state index contributed by atoms with van der Waals surface area (Å²) in [5.74, 6) is 1.61. The molecule has 1 aromatic heterocycles. The first-order chi connectivity index (χ1) is 12.6. The molecule has 0 bridgehead atoms. The lowest BCUT2D eigenvalue weighted by molar-refractivity contribution is 0.408. The van der Waals surface area contributed by atoms with Crippen molar-refractivity contribution < 1.29 is 0 Å². The molecule has 1 fully saturated rings. The highest BCUT2D eigenvalue weighted by atomic mass is 79.9. The molecule has 1 aliphatic heterocycles. The predicted molar refractivity (Wildman–Crippen MR) is 113 cm³/mol. The molecular formula is C21H21BrClN3. The van der Waals surface area contributed by atoms with Crippen LogP contribution in [0.1, 0.15) is 17.8 Å². The SMILES string of the molecule is CN1CCC(C=Cc2nc3cc(Br)ccc3n2Cc2ccc(Cl)cc2)C1. The summed E-state index contributed by atoms with van der Waals surface area (Å²) >= 11 is 9.59. The van der Waals surface area contributed by atoms with Gasteiger partial charge in [0.05, 0.1) is 11.0 Å². The van der Waals surface area contributed by atoms with E-state index in [-0.39, 0.29) is 0 Å². The molecule has 0 aliphatic carbocycles. The van der Waals surface area contributed by atoms with Crippen LogP contribution in [0.2, 0.25) is 5.02 Å². The number of likely N-dealkylation sites (tertiary alicyclic amines) is 1. The summed E-state index contributed by atoms with van der Waals surface area (Å²) in [6.45, 7) is 3.07. The van der Waals surface area contributed by atoms with Crippen molar-refractivity contribution in [3.8, 4) is 0 Å². The van der Waals surface area contributed by atoms with Crippen molar-refractivity contribution in [1.29, 1.82) is 0 Å². The minimum atomic E-state index is 0.607. The van der Waals surface area contributed by atoms with E-state index in [9.17, 15) is 0 Å². The van der Waals surface area contributed by atoms with Gasteiger partial charge in [0.15, 0.2) is 0 Å². The lowest BCUT2D eigenvalue weighted by atomic mass is 10.1. The Labute approximate surface area is 167 Å². The summed E-state index contributed by atoms with van der Waals surface area (Å²) in [6, 6.07) is 14.3. The summed E-state index contributed by atoms with van der Waals surface area (Å²) in [5, 5.41) is 0.763. The summed E-state index contributed by atoms with van der Waals surface area (Å²) in [7, 11) is 2.18. The quantitative estimate of drug-likeness (QED) is 0.547. The Balaban J connectivity index is 1.70. The van der Waals surface area contributed by atoms with Gasteiger partial charge in [-0.3, -0.25) is 0 Å². The smallest absolute Gasteiger partial charge is 0.133 e. The Kier molecular flexibility index (Phi) is 5.16. The molecule has 5 heteroatoms. The van der Waals surface area contributed by atoms with Gasteiger partial charge in [0.1, 0.15) is 5.82 Å². The monoisotopic (exact) mass is 429 g/mol. The molecule has 1 aliphatic rings. The molecule has 1 atom stereocenters. The fourth-order valence-corrected chi connectivity index (χ4v) is 4.01. The first kappa shape index (κ1) is 17.8. The topological polar surface area (TPSA) is 21.1 Å². The van der Waals surface area contributed by atoms with Crippen LogP contribution in [0.3, 0.4) is 0 Å². The first-order valence-corrected chi connectivity index (χ1v) is 10.0. The van der Waals surface area contributed by atoms with Crippen LogP contribution in [-0.2, 0) is 6.54 Å². The Morgan fingerprint density at radius 1 is 1.23 bits per heavy atom. The molecule has 3 aromatic rings. The number of hydrogen-bond acceptors (Lipinski definition) is 2. The highest BCUT2D eigenvalue weighted by Crippen LogP contribution is 2.24. The predicted octanol–water partition coefficient (Wildman–Crippen LogP) is 5.47. The highest BCUT2D eigenvalue weighted by molar-refractivity contribution is 9.10. The second-order valence-electron chi connectivity index (χ2n) is 6.99. The van der Waals surface area contributed by atoms with Gasteiger partial charge in [-0.2, -0.15) is 0 Å². The number of fused-ring (bicyclic) bond motifs is 1. The van der Waals surface area contributed by atoms with Gasteiger partial charge in [0.2, 0.25) is 0 Å². The molecule has 1 unspecified atom stereocenters. The summed E-state index contributed by atoms with van der Waals surface area (Å²) in [4.78, 5) is 7.25. The van der Waals surface area contributed by atoms with Crippen LogP contribution in [-0.4, -0.2) is 34.6 Å². The van der Waals surface area contributed by atoms with Gasteiger partial charge in [0, 0.05) is 22.6 Å². The molecule has 3 nitrogen and oxygen atoms in total. The third-order valence-electron chi connectivity index (χ3n) is 4.94. The van der Waals surface area contributed by atoms with Crippen LogP contribution >= 0.6 is 27.5 Å². The standard InChI is InChI=1S/C21H21BrClN3/c1-25-11-10-16(13-25)4-9-21-24-19-12-17(22)5-8-20(19)26(21)14-15-2-6-18(23)7-3-15/h2-9,12,16H,10-11,13-14H2,1H3. The van der Waals surface area contributed by atoms with Gasteiger partial charge in [-0.1, -0.05) is 45.7 Å². The minimum Gasteiger partial charge on any atom is -0.320 e. The fraction of sp³-hybridized carbons (Fsp3) is 0.286. The third kappa shape index (κ3) is 3.88. The van der Waals surface area contributed by atoms with Crippen molar-refractivity contribution in [1.82, 2.24) is 14.5 Å². The van der Waals surface area contributed by atoms with Gasteiger partial charge in [-0.15, -0.1) is 0 Å². The lowest BCUT2D eigenvalue weighted by Crippen LogP contribution is -2.13. The van der Waals surface area contributed by atoms with Gasteiger partial charge in [-0.05, 0) is 67.9 Å². The van der Waals surface area contributed by atoms with Crippen molar-refractivity contribution >= 4 is 44.6 Å². The minimum absolute atomic E-state index is 0.607. The van der Waals surface area contributed by atoms with E-state index in [1.807, 2.05) is 12.1 Å². The van der Waals surface area contributed by atoms with E-state index in [2.05, 4.69) is 74.9 Å². The maximum Gasteiger partial charge on any atom is 0.133 e. The van der Waals surface area contributed by atoms with Crippen molar-refractivity contribution in [3.63, 3.8) is 0 Å². The van der Waals surface area contributed by atoms with E-state index >= 15 is 0 Å². The van der Waals surface area contributed by atoms with Gasteiger partial charge < -0.3 is 9.47 Å². The zero-order valence-corrected chi connectivity index (χ0v) is 17.0. The number of aromatic nitrogens is 2. The fourth-order valence-electron chi connectivity index (χ4n) is 3.54. The van der Waals surface area contributed by atoms with E-state index in [1.165, 1.54) is 18.5 Å². The summed E-state index contributed by atoms with van der Waals surface area (Å²) < 4.78 is 3.33. The van der Waals surface area contributed by atoms with Crippen molar-refractivity contribution in [2.75, 3.05) is 20.1 Å². The summed E-state index contributed by atoms with van der Waals surface area (Å²) in [6.07, 6.45) is 5.72. The molecule has 134 valence electrons. The largest absolute Gasteiger partial charge is 0.320 e. The number of rotatable bonds is 4. The highest BCUT2D eigenvalue weighted by Gasteiger charge is 2.17. The van der Waals surface area contributed by atoms with E-state index in [1.54, 1.807) is 0 Å². The Morgan fingerprint density at radius 2 is 2.04 bits per heavy atom. The Morgan fingerprint density at radius 3 is 2.77 bits per heavy atom. The van der Waals surface area contributed by atoms with Crippen molar-refractivity contribution in [2.24, 2.45) is 5.92 Å². The number of halogens is 2. The van der Waals surface area contributed by atoms with Gasteiger partial charge in [0.25, 0.3) is 0 Å². The second kappa shape index (κ2) is 7.55. The van der Waals surface area contributed by atoms with E-state index in [0.29, 0.717) is 5.92 Å². The molecule has 0 radical (unpaired) electrons. The third-order valence-corrected chi connectivity index (χ3v) is 5.68. The first-order valence-electron chi connectivity index (χ1n) is 8.85. The van der Waals surface area contributed by atoms with Crippen LogP contribution in [0.25, 0.3) is 17.1 Å². The normalized spacial score (nSPS) is 18.3. The average molecular weight is 431 g/mol. The number of hydrogen-bond donors (Lipinski definition) is 0. The van der Waals surface area contributed by atoms with Crippen LogP contribution in [0.5, 0.6) is 0 Å². The average Bonchev–Trinajstić information content (AvgIpc) is 3.18. The Bertz CT molecular complexity index is 946. The number of nitrogens with zero attached hydrogens (tertiary/aromatic N) is 3. The van der Waals surface area contributed by atoms with Gasteiger partial charge >= 0.3 is 0 Å². The lowest BCUT2D eigenvalue weighted by Gasteiger charge is -2.09. The molecule has 0 saturated carbocycles. The van der Waals surface area contributed by atoms with Crippen LogP contribution in [0.4, 0.5) is 0 Å². The van der Waals surface area contributed by atoms with Crippen LogP contribution in [0.15, 0.2) is 53.0 Å². The van der Waals surface area contributed by atoms with Crippen LogP contribution < -0.4 is 0 Å². The van der Waals surface area contributed by atoms with E-state index in [4.69, 9.17) is 16.6 Å². The zero-order chi connectivity index (χ0) is 18.1. The summed E-state index contributed by atoms with van der Waals surface area (Å²) in [5.41, 5.74) is 3.37. The molecule has 4 rings (SSSR count). The molecule has 2 heterocycles. The zero-order valence-electron chi connectivity index (χ0n) is 14.7. The molecular weight excluding hydrogens is 410 g/mol. The van der Waals surface area contributed by atoms with E-state index < -0.39 is 0 Å². The maximum absolute atomic E-state index is 6.03. The van der Waals surface area contributed by atoms with Gasteiger partial charge in [-0.25, -0.2) is 4.98 Å². The van der Waals surface area contributed by atoms with Crippen LogP contribution in [0, 0.1) is 5.92 Å². The van der Waals surface area contributed by atoms with Crippen molar-refractivity contribution in [2.45, 2.75) is 13.0 Å². The number of imidazole rings is 1. The molecule has 2 aromatic carbocycles. The maximum atomic E-state index is 6.03. The van der Waals surface area contributed by atoms with E-state index in [0.717, 1.165) is 39.4 Å². The molecule has 0 spiro atoms. The second-order valence-corrected chi connectivity index (χ2v) is 8.34. The Hall–Kier alpha value is -1.62. The number of benzene rings is 2. The van der Waals surface area contributed by atoms with Crippen molar-refractivity contribution in [3.05, 3.63) is 69.4 Å².